The molecule has 8 nitrogen and oxygen atoms in total. The standard InChI is InChI=1S/C21H32ClN3O5/c1-29-9-2-6-25-7-3-14(4-8-25)24-21(28)17-11-18(22)19(23-12-15(27)13-26)16-5-10-30-20(16)17/h11,14-15,23,26-27H,2-10,12-13H2,1H3,(H,24,28). The molecule has 30 heavy (non-hydrogen) atoms. The van der Waals surface area contributed by atoms with E-state index < -0.39 is 6.10 Å². The number of fused-ring (bicyclic) bond motifs is 1. The van der Waals surface area contributed by atoms with Crippen LogP contribution in [0.1, 0.15) is 35.2 Å². The second kappa shape index (κ2) is 11.2. The zero-order valence-electron chi connectivity index (χ0n) is 17.5. The monoisotopic (exact) mass is 441 g/mol. The lowest BCUT2D eigenvalue weighted by Crippen LogP contribution is -2.45. The third kappa shape index (κ3) is 5.76. The number of amides is 1. The smallest absolute Gasteiger partial charge is 0.255 e. The molecule has 1 fully saturated rings. The van der Waals surface area contributed by atoms with Crippen LogP contribution in [-0.2, 0) is 11.2 Å². The van der Waals surface area contributed by atoms with Gasteiger partial charge < -0.3 is 35.2 Å². The van der Waals surface area contributed by atoms with E-state index in [1.54, 1.807) is 13.2 Å². The third-order valence-corrected chi connectivity index (χ3v) is 5.94. The van der Waals surface area contributed by atoms with Crippen LogP contribution in [0.3, 0.4) is 0 Å². The summed E-state index contributed by atoms with van der Waals surface area (Å²) in [5.41, 5.74) is 1.94. The molecule has 1 aromatic carbocycles. The Bertz CT molecular complexity index is 725. The van der Waals surface area contributed by atoms with Crippen molar-refractivity contribution in [2.45, 2.75) is 37.8 Å². The van der Waals surface area contributed by atoms with E-state index in [1.807, 2.05) is 0 Å². The fourth-order valence-corrected chi connectivity index (χ4v) is 4.27. The molecule has 9 heteroatoms. The molecule has 1 amide bonds. The number of methoxy groups -OCH3 is 1. The molecule has 168 valence electrons. The Morgan fingerprint density at radius 2 is 2.20 bits per heavy atom. The number of rotatable bonds is 10. The molecule has 1 atom stereocenters. The van der Waals surface area contributed by atoms with Gasteiger partial charge in [-0.25, -0.2) is 0 Å². The minimum absolute atomic E-state index is 0.129. The Hall–Kier alpha value is -1.58. The van der Waals surface area contributed by atoms with Gasteiger partial charge in [0.1, 0.15) is 5.75 Å². The Kier molecular flexibility index (Phi) is 8.59. The van der Waals surface area contributed by atoms with Gasteiger partial charge in [0.15, 0.2) is 0 Å². The van der Waals surface area contributed by atoms with Gasteiger partial charge in [0.05, 0.1) is 35.6 Å². The van der Waals surface area contributed by atoms with E-state index >= 15 is 0 Å². The van der Waals surface area contributed by atoms with Crippen LogP contribution in [0.5, 0.6) is 5.75 Å². The van der Waals surface area contributed by atoms with Crippen LogP contribution < -0.4 is 15.4 Å². The first-order chi connectivity index (χ1) is 14.5. The number of likely N-dealkylation sites (tertiary alicyclic amines) is 1. The van der Waals surface area contributed by atoms with Crippen molar-refractivity contribution in [1.29, 1.82) is 0 Å². The molecular formula is C21H32ClN3O5. The lowest BCUT2D eigenvalue weighted by Gasteiger charge is -2.32. The Labute approximate surface area is 182 Å². The average Bonchev–Trinajstić information content (AvgIpc) is 3.23. The van der Waals surface area contributed by atoms with Crippen molar-refractivity contribution in [3.05, 3.63) is 22.2 Å². The molecule has 3 rings (SSSR count). The topological polar surface area (TPSA) is 103 Å². The molecule has 1 saturated heterocycles. The third-order valence-electron chi connectivity index (χ3n) is 5.64. The van der Waals surface area contributed by atoms with Crippen molar-refractivity contribution in [2.75, 3.05) is 58.4 Å². The summed E-state index contributed by atoms with van der Waals surface area (Å²) < 4.78 is 10.9. The lowest BCUT2D eigenvalue weighted by molar-refractivity contribution is 0.0904. The highest BCUT2D eigenvalue weighted by molar-refractivity contribution is 6.34. The number of benzene rings is 1. The maximum atomic E-state index is 13.0. The van der Waals surface area contributed by atoms with Gasteiger partial charge in [0.25, 0.3) is 5.91 Å². The maximum Gasteiger partial charge on any atom is 0.255 e. The van der Waals surface area contributed by atoms with Gasteiger partial charge in [0, 0.05) is 57.9 Å². The van der Waals surface area contributed by atoms with Crippen LogP contribution in [0.2, 0.25) is 5.02 Å². The first kappa shape index (κ1) is 23.1. The molecule has 1 aromatic rings. The van der Waals surface area contributed by atoms with Gasteiger partial charge in [-0.3, -0.25) is 4.79 Å². The van der Waals surface area contributed by atoms with Crippen LogP contribution in [0.4, 0.5) is 5.69 Å². The van der Waals surface area contributed by atoms with Crippen LogP contribution in [-0.4, -0.2) is 86.3 Å². The summed E-state index contributed by atoms with van der Waals surface area (Å²) in [7, 11) is 1.72. The molecule has 1 unspecified atom stereocenters. The summed E-state index contributed by atoms with van der Waals surface area (Å²) in [6.45, 7) is 4.01. The molecule has 0 bridgehead atoms. The number of ether oxygens (including phenoxy) is 2. The summed E-state index contributed by atoms with van der Waals surface area (Å²) in [5, 5.41) is 25.2. The highest BCUT2D eigenvalue weighted by atomic mass is 35.5. The molecule has 0 saturated carbocycles. The molecule has 0 radical (unpaired) electrons. The van der Waals surface area contributed by atoms with E-state index in [0.29, 0.717) is 35.1 Å². The van der Waals surface area contributed by atoms with Crippen molar-refractivity contribution in [2.24, 2.45) is 0 Å². The zero-order chi connectivity index (χ0) is 21.5. The molecule has 2 heterocycles. The molecular weight excluding hydrogens is 410 g/mol. The van der Waals surface area contributed by atoms with Crippen molar-refractivity contribution < 1.29 is 24.5 Å². The number of carbonyl (C=O) groups is 1. The fourth-order valence-electron chi connectivity index (χ4n) is 3.98. The van der Waals surface area contributed by atoms with Crippen molar-refractivity contribution in [3.8, 4) is 5.75 Å². The molecule has 4 N–H and O–H groups in total. The highest BCUT2D eigenvalue weighted by Gasteiger charge is 2.28. The Morgan fingerprint density at radius 1 is 1.43 bits per heavy atom. The number of hydrogen-bond donors (Lipinski definition) is 4. The largest absolute Gasteiger partial charge is 0.492 e. The van der Waals surface area contributed by atoms with E-state index in [1.165, 1.54) is 0 Å². The molecule has 2 aliphatic heterocycles. The number of aliphatic hydroxyl groups is 2. The van der Waals surface area contributed by atoms with Crippen LogP contribution in [0.25, 0.3) is 0 Å². The normalized spacial score (nSPS) is 18.0. The number of aliphatic hydroxyl groups excluding tert-OH is 2. The fraction of sp³-hybridized carbons (Fsp3) is 0.667. The van der Waals surface area contributed by atoms with E-state index in [2.05, 4.69) is 15.5 Å². The summed E-state index contributed by atoms with van der Waals surface area (Å²) in [5.74, 6) is 0.379. The van der Waals surface area contributed by atoms with E-state index in [9.17, 15) is 9.90 Å². The number of nitrogens with one attached hydrogen (secondary N) is 2. The summed E-state index contributed by atoms with van der Waals surface area (Å²) >= 11 is 6.45. The van der Waals surface area contributed by atoms with Gasteiger partial charge in [-0.2, -0.15) is 0 Å². The molecule has 0 aromatic heterocycles. The van der Waals surface area contributed by atoms with Crippen molar-refractivity contribution in [1.82, 2.24) is 10.2 Å². The van der Waals surface area contributed by atoms with Gasteiger partial charge in [-0.05, 0) is 25.3 Å². The number of piperidine rings is 1. The highest BCUT2D eigenvalue weighted by Crippen LogP contribution is 2.40. The first-order valence-corrected chi connectivity index (χ1v) is 10.9. The minimum atomic E-state index is -0.887. The van der Waals surface area contributed by atoms with Crippen LogP contribution >= 0.6 is 11.6 Å². The van der Waals surface area contributed by atoms with Crippen LogP contribution in [0.15, 0.2) is 6.07 Å². The SMILES string of the molecule is COCCCN1CCC(NC(=O)c2cc(Cl)c(NCC(O)CO)c3c2OCC3)CC1. The number of hydrogen-bond acceptors (Lipinski definition) is 7. The van der Waals surface area contributed by atoms with E-state index in [-0.39, 0.29) is 25.1 Å². The Balaban J connectivity index is 1.61. The average molecular weight is 442 g/mol. The summed E-state index contributed by atoms with van der Waals surface area (Å²) in [6.07, 6.45) is 2.59. The summed E-state index contributed by atoms with van der Waals surface area (Å²) in [6, 6.07) is 1.75. The number of halogens is 1. The van der Waals surface area contributed by atoms with Gasteiger partial charge in [-0.1, -0.05) is 11.6 Å². The van der Waals surface area contributed by atoms with E-state index in [0.717, 1.165) is 51.1 Å². The maximum absolute atomic E-state index is 13.0. The van der Waals surface area contributed by atoms with E-state index in [4.69, 9.17) is 26.2 Å². The second-order valence-electron chi connectivity index (χ2n) is 7.84. The molecule has 0 spiro atoms. The number of carbonyl (C=O) groups excluding carboxylic acids is 1. The summed E-state index contributed by atoms with van der Waals surface area (Å²) in [4.78, 5) is 15.4. The van der Waals surface area contributed by atoms with Gasteiger partial charge >= 0.3 is 0 Å². The lowest BCUT2D eigenvalue weighted by atomic mass is 10.0. The number of nitrogens with zero attached hydrogens (tertiary/aromatic N) is 1. The minimum Gasteiger partial charge on any atom is -0.492 e. The second-order valence-corrected chi connectivity index (χ2v) is 8.25. The van der Waals surface area contributed by atoms with Gasteiger partial charge in [0.2, 0.25) is 0 Å². The van der Waals surface area contributed by atoms with Crippen molar-refractivity contribution >= 4 is 23.2 Å². The molecule has 2 aliphatic rings. The predicted octanol–water partition coefficient (Wildman–Crippen LogP) is 1.27. The van der Waals surface area contributed by atoms with Gasteiger partial charge in [-0.15, -0.1) is 0 Å². The quantitative estimate of drug-likeness (QED) is 0.405. The molecule has 0 aliphatic carbocycles. The van der Waals surface area contributed by atoms with Crippen molar-refractivity contribution in [3.63, 3.8) is 0 Å². The number of anilines is 1. The Morgan fingerprint density at radius 3 is 2.90 bits per heavy atom. The zero-order valence-corrected chi connectivity index (χ0v) is 18.2. The van der Waals surface area contributed by atoms with Crippen LogP contribution in [0, 0.1) is 0 Å². The first-order valence-electron chi connectivity index (χ1n) is 10.6. The predicted molar refractivity (Wildman–Crippen MR) is 116 cm³/mol.